The fourth-order valence-electron chi connectivity index (χ4n) is 5.30. The van der Waals surface area contributed by atoms with Crippen molar-refractivity contribution >= 4 is 22.5 Å². The summed E-state index contributed by atoms with van der Waals surface area (Å²) in [7, 11) is 3.00. The number of fused-ring (bicyclic) bond motifs is 2. The fourth-order valence-corrected chi connectivity index (χ4v) is 5.30. The maximum atomic E-state index is 14.2. The normalized spacial score (nSPS) is 15.6. The van der Waals surface area contributed by atoms with Crippen molar-refractivity contribution in [2.24, 2.45) is 7.05 Å². The van der Waals surface area contributed by atoms with Gasteiger partial charge in [-0.25, -0.2) is 4.98 Å². The number of aromatic nitrogens is 5. The topological polar surface area (TPSA) is 78.1 Å². The summed E-state index contributed by atoms with van der Waals surface area (Å²) in [5.74, 6) is 0.237. The summed E-state index contributed by atoms with van der Waals surface area (Å²) in [5.41, 5.74) is 1.54. The second kappa shape index (κ2) is 9.26. The number of benzene rings is 2. The highest BCUT2D eigenvalue weighted by atomic mass is 19.4. The van der Waals surface area contributed by atoms with Crippen molar-refractivity contribution in [3.63, 3.8) is 0 Å². The zero-order valence-electron chi connectivity index (χ0n) is 21.1. The molecule has 198 valence electrons. The number of hydrogen-bond acceptors (Lipinski definition) is 5. The number of methoxy groups -OCH3 is 1. The van der Waals surface area contributed by atoms with Crippen LogP contribution in [0.3, 0.4) is 0 Å². The number of aryl methyl sites for hydroxylation is 1. The average Bonchev–Trinajstić information content (AvgIpc) is 3.58. The van der Waals surface area contributed by atoms with Gasteiger partial charge in [0.1, 0.15) is 5.75 Å². The summed E-state index contributed by atoms with van der Waals surface area (Å²) < 4.78 is 50.1. The average molecular weight is 533 g/mol. The highest BCUT2D eigenvalue weighted by Gasteiger charge is 2.40. The number of pyridine rings is 1. The molecule has 4 heterocycles. The van der Waals surface area contributed by atoms with Crippen molar-refractivity contribution in [1.82, 2.24) is 24.3 Å². The zero-order valence-corrected chi connectivity index (χ0v) is 21.1. The Morgan fingerprint density at radius 3 is 2.64 bits per heavy atom. The van der Waals surface area contributed by atoms with Gasteiger partial charge in [-0.2, -0.15) is 18.3 Å². The number of rotatable bonds is 5. The van der Waals surface area contributed by atoms with Crippen LogP contribution in [0, 0.1) is 0 Å². The lowest BCUT2D eigenvalue weighted by Gasteiger charge is -2.38. The Balaban J connectivity index is 1.54. The number of nitrogens with zero attached hydrogens (tertiary/aromatic N) is 6. The molecule has 6 rings (SSSR count). The van der Waals surface area contributed by atoms with Crippen LogP contribution in [-0.2, 0) is 26.2 Å². The lowest BCUT2D eigenvalue weighted by molar-refractivity contribution is -0.140. The van der Waals surface area contributed by atoms with Gasteiger partial charge in [-0.3, -0.25) is 14.5 Å². The molecule has 1 aliphatic rings. The Morgan fingerprint density at radius 1 is 1.10 bits per heavy atom. The molecule has 1 aliphatic heterocycles. The van der Waals surface area contributed by atoms with Gasteiger partial charge in [0.05, 0.1) is 36.9 Å². The number of amides is 1. The van der Waals surface area contributed by atoms with Crippen LogP contribution in [-0.4, -0.2) is 43.4 Å². The number of halogens is 3. The molecule has 39 heavy (non-hydrogen) atoms. The highest BCUT2D eigenvalue weighted by Crippen LogP contribution is 2.41. The Labute approximate surface area is 221 Å². The fraction of sp³-hybridized carbons (Fsp3) is 0.214. The molecule has 0 saturated heterocycles. The number of hydrogen-bond donors (Lipinski definition) is 0. The van der Waals surface area contributed by atoms with Crippen LogP contribution >= 0.6 is 0 Å². The summed E-state index contributed by atoms with van der Waals surface area (Å²) in [6, 6.07) is 11.8. The monoisotopic (exact) mass is 532 g/mol. The lowest BCUT2D eigenvalue weighted by atomic mass is 9.86. The molecule has 0 N–H and O–H groups in total. The third kappa shape index (κ3) is 4.29. The molecule has 0 radical (unpaired) electrons. The Hall–Kier alpha value is -4.67. The van der Waals surface area contributed by atoms with Crippen molar-refractivity contribution in [1.29, 1.82) is 0 Å². The lowest BCUT2D eigenvalue weighted by Crippen LogP contribution is -2.48. The molecular formula is C28H23F3N6O2. The van der Waals surface area contributed by atoms with Crippen molar-refractivity contribution in [2.45, 2.75) is 25.2 Å². The van der Waals surface area contributed by atoms with Gasteiger partial charge in [-0.1, -0.05) is 18.2 Å². The van der Waals surface area contributed by atoms with Gasteiger partial charge in [0.15, 0.2) is 5.69 Å². The van der Waals surface area contributed by atoms with E-state index in [1.807, 2.05) is 28.8 Å². The van der Waals surface area contributed by atoms with E-state index in [1.54, 1.807) is 55.1 Å². The number of alkyl halides is 3. The summed E-state index contributed by atoms with van der Waals surface area (Å²) in [6.07, 6.45) is 3.72. The van der Waals surface area contributed by atoms with Crippen molar-refractivity contribution < 1.29 is 22.7 Å². The van der Waals surface area contributed by atoms with E-state index in [0.717, 1.165) is 10.1 Å². The quantitative estimate of drug-likeness (QED) is 0.314. The van der Waals surface area contributed by atoms with Crippen molar-refractivity contribution in [2.75, 3.05) is 12.0 Å². The van der Waals surface area contributed by atoms with Gasteiger partial charge in [-0.05, 0) is 41.8 Å². The maximum Gasteiger partial charge on any atom is 0.435 e. The van der Waals surface area contributed by atoms with Crippen molar-refractivity contribution in [3.8, 4) is 16.9 Å². The molecule has 1 amide bonds. The largest absolute Gasteiger partial charge is 0.495 e. The minimum atomic E-state index is -4.64. The number of anilines is 1. The SMILES string of the molecule is COc1cnc2cccc(N3C(=O)c4cccc(-c5cn(C)nc5C(F)(F)F)c4CC3Cn3ccnc3)c2c1. The standard InChI is InChI=1S/C28H23F3N6O2/c1-35-15-23(26(34-35)28(29,30)31)19-5-3-6-20-21(19)11-17(14-36-10-9-32-16-36)37(27(20)38)25-8-4-7-24-22(25)12-18(39-2)13-33-24/h3-10,12-13,15-17H,11,14H2,1-2H3. The summed E-state index contributed by atoms with van der Waals surface area (Å²) in [4.78, 5) is 24.5. The first-order valence-electron chi connectivity index (χ1n) is 12.2. The number of imidazole rings is 1. The van der Waals surface area contributed by atoms with E-state index in [2.05, 4.69) is 15.1 Å². The highest BCUT2D eigenvalue weighted by molar-refractivity contribution is 6.13. The molecule has 0 saturated carbocycles. The molecule has 0 fully saturated rings. The van der Waals surface area contributed by atoms with E-state index in [1.165, 1.54) is 13.2 Å². The second-order valence-corrected chi connectivity index (χ2v) is 9.41. The summed E-state index contributed by atoms with van der Waals surface area (Å²) >= 11 is 0. The van der Waals surface area contributed by atoms with E-state index in [4.69, 9.17) is 4.74 Å². The van der Waals surface area contributed by atoms with E-state index in [9.17, 15) is 18.0 Å². The Morgan fingerprint density at radius 2 is 1.90 bits per heavy atom. The van der Waals surface area contributed by atoms with Crippen LogP contribution in [0.2, 0.25) is 0 Å². The molecule has 3 aromatic heterocycles. The van der Waals surface area contributed by atoms with Crippen LogP contribution in [0.1, 0.15) is 21.6 Å². The summed E-state index contributed by atoms with van der Waals surface area (Å²) in [5, 5.41) is 4.41. The Kier molecular flexibility index (Phi) is 5.86. The first-order valence-corrected chi connectivity index (χ1v) is 12.2. The van der Waals surface area contributed by atoms with E-state index in [-0.39, 0.29) is 11.5 Å². The van der Waals surface area contributed by atoms with Gasteiger partial charge < -0.3 is 14.2 Å². The van der Waals surface area contributed by atoms with E-state index < -0.39 is 17.9 Å². The van der Waals surface area contributed by atoms with Gasteiger partial charge in [0.2, 0.25) is 0 Å². The number of carbonyl (C=O) groups is 1. The second-order valence-electron chi connectivity index (χ2n) is 9.41. The minimum absolute atomic E-state index is 0.0522. The molecule has 1 atom stereocenters. The number of carbonyl (C=O) groups excluding carboxylic acids is 1. The molecular weight excluding hydrogens is 509 g/mol. The van der Waals surface area contributed by atoms with Crippen LogP contribution in [0.5, 0.6) is 5.75 Å². The molecule has 1 unspecified atom stereocenters. The maximum absolute atomic E-state index is 14.2. The Bertz CT molecular complexity index is 1690. The molecule has 8 nitrogen and oxygen atoms in total. The predicted molar refractivity (Wildman–Crippen MR) is 138 cm³/mol. The molecule has 11 heteroatoms. The third-order valence-electron chi connectivity index (χ3n) is 6.97. The third-order valence-corrected chi connectivity index (χ3v) is 6.97. The van der Waals surface area contributed by atoms with Crippen LogP contribution < -0.4 is 9.64 Å². The van der Waals surface area contributed by atoms with Crippen LogP contribution in [0.15, 0.2) is 73.6 Å². The van der Waals surface area contributed by atoms with Crippen LogP contribution in [0.4, 0.5) is 18.9 Å². The summed E-state index contributed by atoms with van der Waals surface area (Å²) in [6.45, 7) is 0.381. The van der Waals surface area contributed by atoms with Crippen molar-refractivity contribution in [3.05, 3.63) is 90.4 Å². The molecule has 0 spiro atoms. The van der Waals surface area contributed by atoms with Crippen LogP contribution in [0.25, 0.3) is 22.0 Å². The van der Waals surface area contributed by atoms with Gasteiger partial charge >= 0.3 is 6.18 Å². The molecule has 2 aromatic carbocycles. The minimum Gasteiger partial charge on any atom is -0.495 e. The predicted octanol–water partition coefficient (Wildman–Crippen LogP) is 5.13. The van der Waals surface area contributed by atoms with E-state index in [0.29, 0.717) is 46.6 Å². The molecule has 0 bridgehead atoms. The molecule has 0 aliphatic carbocycles. The first kappa shape index (κ1) is 24.7. The van der Waals surface area contributed by atoms with Gasteiger partial charge in [0, 0.05) is 48.7 Å². The van der Waals surface area contributed by atoms with E-state index >= 15 is 0 Å². The first-order chi connectivity index (χ1) is 18.7. The van der Waals surface area contributed by atoms with Gasteiger partial charge in [-0.15, -0.1) is 0 Å². The zero-order chi connectivity index (χ0) is 27.3. The molecule has 5 aromatic rings. The number of ether oxygens (including phenoxy) is 1. The van der Waals surface area contributed by atoms with Gasteiger partial charge in [0.25, 0.3) is 5.91 Å². The smallest absolute Gasteiger partial charge is 0.435 e.